The van der Waals surface area contributed by atoms with Crippen molar-refractivity contribution in [1.82, 2.24) is 0 Å². The summed E-state index contributed by atoms with van der Waals surface area (Å²) in [6.07, 6.45) is 6.98. The Morgan fingerprint density at radius 3 is 2.86 bits per heavy atom. The van der Waals surface area contributed by atoms with Gasteiger partial charge in [-0.2, -0.15) is 0 Å². The van der Waals surface area contributed by atoms with E-state index in [4.69, 9.17) is 4.74 Å². The number of aryl methyl sites for hydroxylation is 1. The molecular formula is C19H25NO2. The van der Waals surface area contributed by atoms with Crippen molar-refractivity contribution < 1.29 is 9.94 Å². The molecule has 118 valence electrons. The second kappa shape index (κ2) is 5.00. The smallest absolute Gasteiger partial charge is 0.119 e. The monoisotopic (exact) mass is 299 g/mol. The summed E-state index contributed by atoms with van der Waals surface area (Å²) < 4.78 is 5.45. The van der Waals surface area contributed by atoms with Gasteiger partial charge in [-0.15, -0.1) is 0 Å². The molecule has 3 aliphatic rings. The molecule has 1 aromatic carbocycles. The van der Waals surface area contributed by atoms with Crippen LogP contribution in [0.5, 0.6) is 5.75 Å². The van der Waals surface area contributed by atoms with Crippen LogP contribution < -0.4 is 4.74 Å². The lowest BCUT2D eigenvalue weighted by molar-refractivity contribution is 0.0937. The van der Waals surface area contributed by atoms with Crippen molar-refractivity contribution in [3.05, 3.63) is 29.3 Å². The third-order valence-corrected chi connectivity index (χ3v) is 6.80. The lowest BCUT2D eigenvalue weighted by Gasteiger charge is -2.48. The summed E-state index contributed by atoms with van der Waals surface area (Å²) in [7, 11) is 1.75. The van der Waals surface area contributed by atoms with Gasteiger partial charge in [0.05, 0.1) is 12.8 Å². The minimum atomic E-state index is 0.131. The lowest BCUT2D eigenvalue weighted by Crippen LogP contribution is -2.42. The first-order valence-electron chi connectivity index (χ1n) is 8.55. The second-order valence-corrected chi connectivity index (χ2v) is 7.52. The first-order chi connectivity index (χ1) is 10.7. The Labute approximate surface area is 132 Å². The quantitative estimate of drug-likeness (QED) is 0.617. The maximum atomic E-state index is 9.36. The number of benzene rings is 1. The van der Waals surface area contributed by atoms with Crippen LogP contribution in [0.3, 0.4) is 0 Å². The van der Waals surface area contributed by atoms with Crippen molar-refractivity contribution in [2.75, 3.05) is 7.11 Å². The molecule has 0 unspecified atom stereocenters. The molecule has 0 bridgehead atoms. The predicted molar refractivity (Wildman–Crippen MR) is 86.8 cm³/mol. The number of rotatable bonds is 1. The number of methoxy groups -OCH3 is 1. The average molecular weight is 299 g/mol. The van der Waals surface area contributed by atoms with Crippen molar-refractivity contribution in [2.45, 2.75) is 51.4 Å². The summed E-state index contributed by atoms with van der Waals surface area (Å²) in [5.41, 5.74) is 4.21. The molecule has 0 radical (unpaired) electrons. The van der Waals surface area contributed by atoms with E-state index in [0.717, 1.165) is 30.2 Å². The predicted octanol–water partition coefficient (Wildman–Crippen LogP) is 4.38. The molecule has 3 heteroatoms. The van der Waals surface area contributed by atoms with E-state index >= 15 is 0 Å². The number of hydrogen-bond acceptors (Lipinski definition) is 3. The van der Waals surface area contributed by atoms with E-state index in [0.29, 0.717) is 11.8 Å². The first-order valence-corrected chi connectivity index (χ1v) is 8.55. The van der Waals surface area contributed by atoms with Crippen LogP contribution in [-0.4, -0.2) is 18.0 Å². The zero-order valence-electron chi connectivity index (χ0n) is 13.5. The highest BCUT2D eigenvalue weighted by atomic mass is 16.5. The first kappa shape index (κ1) is 14.1. The number of oxime groups is 1. The van der Waals surface area contributed by atoms with Crippen molar-refractivity contribution in [2.24, 2.45) is 22.4 Å². The Hall–Kier alpha value is -1.51. The molecule has 0 amide bonds. The van der Waals surface area contributed by atoms with Crippen LogP contribution in [-0.2, 0) is 6.42 Å². The molecule has 2 fully saturated rings. The minimum Gasteiger partial charge on any atom is -0.497 e. The minimum absolute atomic E-state index is 0.131. The van der Waals surface area contributed by atoms with Crippen LogP contribution >= 0.6 is 0 Å². The molecule has 4 rings (SSSR count). The topological polar surface area (TPSA) is 41.8 Å². The average Bonchev–Trinajstić information content (AvgIpc) is 2.90. The van der Waals surface area contributed by atoms with Crippen LogP contribution in [0.2, 0.25) is 0 Å². The summed E-state index contributed by atoms with van der Waals surface area (Å²) in [4.78, 5) is 0. The second-order valence-electron chi connectivity index (χ2n) is 7.52. The van der Waals surface area contributed by atoms with E-state index in [1.54, 1.807) is 7.11 Å². The van der Waals surface area contributed by atoms with E-state index < -0.39 is 0 Å². The van der Waals surface area contributed by atoms with Crippen LogP contribution in [0.15, 0.2) is 23.4 Å². The highest BCUT2D eigenvalue weighted by Gasteiger charge is 2.53. The fourth-order valence-corrected chi connectivity index (χ4v) is 5.62. The Morgan fingerprint density at radius 2 is 2.09 bits per heavy atom. The zero-order valence-corrected chi connectivity index (χ0v) is 13.5. The standard InChI is InChI=1S/C19H25NO2/c1-19-10-9-14-15(17(19)7-8-18(19)20-21)6-4-12-3-5-13(22-2)11-16(12)14/h3,5,11,14-15,17,21H,4,6-10H2,1-2H3/t14-,15+,17-,19-/m0/s1. The van der Waals surface area contributed by atoms with Gasteiger partial charge >= 0.3 is 0 Å². The Morgan fingerprint density at radius 1 is 1.23 bits per heavy atom. The van der Waals surface area contributed by atoms with Crippen LogP contribution in [0.25, 0.3) is 0 Å². The molecule has 22 heavy (non-hydrogen) atoms. The summed E-state index contributed by atoms with van der Waals surface area (Å²) >= 11 is 0. The molecule has 3 aliphatic carbocycles. The number of ether oxygens (including phenoxy) is 1. The van der Waals surface area contributed by atoms with Crippen LogP contribution in [0.1, 0.15) is 56.1 Å². The molecule has 3 nitrogen and oxygen atoms in total. The van der Waals surface area contributed by atoms with Crippen LogP contribution in [0, 0.1) is 17.3 Å². The van der Waals surface area contributed by atoms with E-state index in [9.17, 15) is 5.21 Å². The van der Waals surface area contributed by atoms with Gasteiger partial charge in [-0.1, -0.05) is 18.1 Å². The van der Waals surface area contributed by atoms with Gasteiger partial charge in [-0.25, -0.2) is 0 Å². The van der Waals surface area contributed by atoms with E-state index in [1.165, 1.54) is 36.8 Å². The van der Waals surface area contributed by atoms with Gasteiger partial charge in [0.25, 0.3) is 0 Å². The molecule has 2 saturated carbocycles. The summed E-state index contributed by atoms with van der Waals surface area (Å²) in [5, 5.41) is 13.0. The summed E-state index contributed by atoms with van der Waals surface area (Å²) in [6, 6.07) is 6.62. The molecule has 1 aromatic rings. The highest BCUT2D eigenvalue weighted by molar-refractivity contribution is 5.92. The van der Waals surface area contributed by atoms with Crippen LogP contribution in [0.4, 0.5) is 0 Å². The Kier molecular flexibility index (Phi) is 3.21. The highest BCUT2D eigenvalue weighted by Crippen LogP contribution is 2.59. The number of fused-ring (bicyclic) bond motifs is 5. The molecular weight excluding hydrogens is 274 g/mol. The Bertz CT molecular complexity index is 624. The van der Waals surface area contributed by atoms with E-state index in [1.807, 2.05) is 0 Å². The summed E-state index contributed by atoms with van der Waals surface area (Å²) in [6.45, 7) is 2.33. The normalized spacial score (nSPS) is 38.3. The van der Waals surface area contributed by atoms with Crippen molar-refractivity contribution in [3.63, 3.8) is 0 Å². The largest absolute Gasteiger partial charge is 0.497 e. The third kappa shape index (κ3) is 1.84. The Balaban J connectivity index is 1.71. The SMILES string of the molecule is COc1ccc2c(c1)[C@H]1CC[C@]3(C)C(=NO)CC[C@H]3[C@@H]1CC2. The van der Waals surface area contributed by atoms with E-state index in [-0.39, 0.29) is 5.41 Å². The maximum absolute atomic E-state index is 9.36. The molecule has 0 spiro atoms. The van der Waals surface area contributed by atoms with Gasteiger partial charge in [0, 0.05) is 5.41 Å². The molecule has 0 aliphatic heterocycles. The lowest BCUT2D eigenvalue weighted by atomic mass is 9.55. The molecule has 0 heterocycles. The molecule has 0 aromatic heterocycles. The number of hydrogen-bond donors (Lipinski definition) is 1. The zero-order chi connectivity index (χ0) is 15.3. The van der Waals surface area contributed by atoms with Crippen molar-refractivity contribution >= 4 is 5.71 Å². The van der Waals surface area contributed by atoms with Gasteiger partial charge < -0.3 is 9.94 Å². The number of nitrogens with zero attached hydrogens (tertiary/aromatic N) is 1. The van der Waals surface area contributed by atoms with Crippen molar-refractivity contribution in [1.29, 1.82) is 0 Å². The third-order valence-electron chi connectivity index (χ3n) is 6.80. The molecule has 0 saturated heterocycles. The fraction of sp³-hybridized carbons (Fsp3) is 0.632. The van der Waals surface area contributed by atoms with Gasteiger partial charge in [-0.05, 0) is 79.5 Å². The maximum Gasteiger partial charge on any atom is 0.119 e. The van der Waals surface area contributed by atoms with Crippen molar-refractivity contribution in [3.8, 4) is 5.75 Å². The van der Waals surface area contributed by atoms with Gasteiger partial charge in [0.1, 0.15) is 5.75 Å². The van der Waals surface area contributed by atoms with E-state index in [2.05, 4.69) is 30.3 Å². The fourth-order valence-electron chi connectivity index (χ4n) is 5.62. The van der Waals surface area contributed by atoms with Gasteiger partial charge in [-0.3, -0.25) is 0 Å². The molecule has 1 N–H and O–H groups in total. The van der Waals surface area contributed by atoms with Gasteiger partial charge in [0.2, 0.25) is 0 Å². The molecule has 4 atom stereocenters. The summed E-state index contributed by atoms with van der Waals surface area (Å²) in [5.74, 6) is 3.06. The van der Waals surface area contributed by atoms with Gasteiger partial charge in [0.15, 0.2) is 0 Å².